The minimum absolute atomic E-state index is 0.294. The van der Waals surface area contributed by atoms with Crippen LogP contribution in [0, 0.1) is 0 Å². The van der Waals surface area contributed by atoms with E-state index in [1.54, 1.807) is 7.05 Å². The predicted molar refractivity (Wildman–Crippen MR) is 81.7 cm³/mol. The summed E-state index contributed by atoms with van der Waals surface area (Å²) in [5.74, 6) is 0.556. The number of nitrogens with one attached hydrogen (secondary N) is 2. The highest BCUT2D eigenvalue weighted by Gasteiger charge is 2.12. The van der Waals surface area contributed by atoms with Crippen molar-refractivity contribution in [2.45, 2.75) is 0 Å². The van der Waals surface area contributed by atoms with Gasteiger partial charge in [-0.2, -0.15) is 0 Å². The molecule has 0 fully saturated rings. The summed E-state index contributed by atoms with van der Waals surface area (Å²) < 4.78 is 1.31. The molecule has 0 atom stereocenters. The van der Waals surface area contributed by atoms with E-state index in [1.165, 1.54) is 4.57 Å². The van der Waals surface area contributed by atoms with Gasteiger partial charge in [-0.25, -0.2) is 9.78 Å². The summed E-state index contributed by atoms with van der Waals surface area (Å²) in [6, 6.07) is 7.76. The van der Waals surface area contributed by atoms with E-state index in [9.17, 15) is 9.59 Å². The zero-order valence-electron chi connectivity index (χ0n) is 12.0. The monoisotopic (exact) mass is 285 g/mol. The summed E-state index contributed by atoms with van der Waals surface area (Å²) in [5.41, 5.74) is 1.57. The van der Waals surface area contributed by atoms with Crippen molar-refractivity contribution in [2.75, 3.05) is 19.0 Å². The first kappa shape index (κ1) is 13.2. The molecule has 1 aromatic carbocycles. The third kappa shape index (κ3) is 2.12. The van der Waals surface area contributed by atoms with Gasteiger partial charge in [0, 0.05) is 32.4 Å². The highest BCUT2D eigenvalue weighted by Crippen LogP contribution is 2.22. The minimum Gasteiger partial charge on any atom is -0.378 e. The summed E-state index contributed by atoms with van der Waals surface area (Å²) in [6.45, 7) is 0. The van der Waals surface area contributed by atoms with Crippen LogP contribution in [0.15, 0.2) is 33.9 Å². The van der Waals surface area contributed by atoms with Gasteiger partial charge in [0.1, 0.15) is 11.3 Å². The van der Waals surface area contributed by atoms with E-state index >= 15 is 0 Å². The van der Waals surface area contributed by atoms with Gasteiger partial charge in [-0.3, -0.25) is 14.3 Å². The van der Waals surface area contributed by atoms with Crippen LogP contribution in [-0.4, -0.2) is 33.6 Å². The minimum atomic E-state index is -0.479. The summed E-state index contributed by atoms with van der Waals surface area (Å²) in [6.07, 6.45) is 0. The predicted octanol–water partition coefficient (Wildman–Crippen LogP) is 0.683. The average molecular weight is 285 g/mol. The smallest absolute Gasteiger partial charge is 0.329 e. The van der Waals surface area contributed by atoms with Gasteiger partial charge in [-0.15, -0.1) is 0 Å². The first-order valence-electron chi connectivity index (χ1n) is 6.44. The van der Waals surface area contributed by atoms with Gasteiger partial charge < -0.3 is 9.88 Å². The highest BCUT2D eigenvalue weighted by atomic mass is 16.2. The molecule has 3 rings (SSSR count). The summed E-state index contributed by atoms with van der Waals surface area (Å²) in [7, 11) is 5.47. The standard InChI is InChI=1S/C14H15N5O2/c1-18(2)9-6-4-5-8(7-9)11-15-10-12(16-11)19(3)14(21)17-13(10)20/h4-7H,1-3H3,(H,15,16)(H,17,20,21). The third-order valence-electron chi connectivity index (χ3n) is 3.39. The second-order valence-electron chi connectivity index (χ2n) is 5.05. The van der Waals surface area contributed by atoms with Crippen LogP contribution in [0.3, 0.4) is 0 Å². The topological polar surface area (TPSA) is 86.8 Å². The quantitative estimate of drug-likeness (QED) is 0.725. The molecule has 7 nitrogen and oxygen atoms in total. The van der Waals surface area contributed by atoms with Crippen molar-refractivity contribution in [2.24, 2.45) is 7.05 Å². The molecule has 0 spiro atoms. The van der Waals surface area contributed by atoms with Gasteiger partial charge in [0.05, 0.1) is 0 Å². The number of hydrogen-bond donors (Lipinski definition) is 2. The van der Waals surface area contributed by atoms with Crippen molar-refractivity contribution in [3.8, 4) is 11.4 Å². The fraction of sp³-hybridized carbons (Fsp3) is 0.214. The molecule has 0 aliphatic carbocycles. The van der Waals surface area contributed by atoms with E-state index in [0.29, 0.717) is 17.0 Å². The van der Waals surface area contributed by atoms with Crippen LogP contribution in [0.25, 0.3) is 22.6 Å². The number of nitrogens with zero attached hydrogens (tertiary/aromatic N) is 3. The Hall–Kier alpha value is -2.83. The third-order valence-corrected chi connectivity index (χ3v) is 3.39. The Balaban J connectivity index is 2.25. The van der Waals surface area contributed by atoms with Crippen LogP contribution in [0.4, 0.5) is 5.69 Å². The van der Waals surface area contributed by atoms with Crippen LogP contribution in [0.2, 0.25) is 0 Å². The molecular formula is C14H15N5O2. The second kappa shape index (κ2) is 4.62. The largest absolute Gasteiger partial charge is 0.378 e. The van der Waals surface area contributed by atoms with Crippen LogP contribution >= 0.6 is 0 Å². The van der Waals surface area contributed by atoms with Crippen LogP contribution < -0.4 is 16.1 Å². The molecule has 21 heavy (non-hydrogen) atoms. The van der Waals surface area contributed by atoms with E-state index in [4.69, 9.17) is 0 Å². The Morgan fingerprint density at radius 1 is 1.19 bits per heavy atom. The molecule has 0 unspecified atom stereocenters. The number of anilines is 1. The normalized spacial score (nSPS) is 11.0. The summed E-state index contributed by atoms with van der Waals surface area (Å²) in [4.78, 5) is 35.0. The summed E-state index contributed by atoms with van der Waals surface area (Å²) in [5, 5.41) is 0. The van der Waals surface area contributed by atoms with E-state index in [1.807, 2.05) is 43.3 Å². The van der Waals surface area contributed by atoms with Crippen LogP contribution in [0.5, 0.6) is 0 Å². The number of aryl methyl sites for hydroxylation is 1. The number of rotatable bonds is 2. The van der Waals surface area contributed by atoms with Gasteiger partial charge in [0.25, 0.3) is 5.56 Å². The molecule has 7 heteroatoms. The van der Waals surface area contributed by atoms with Crippen molar-refractivity contribution in [1.82, 2.24) is 19.5 Å². The van der Waals surface area contributed by atoms with Gasteiger partial charge in [-0.05, 0) is 12.1 Å². The molecule has 3 aromatic rings. The first-order chi connectivity index (χ1) is 9.97. The fourth-order valence-corrected chi connectivity index (χ4v) is 2.17. The maximum Gasteiger partial charge on any atom is 0.329 e. The molecule has 0 bridgehead atoms. The van der Waals surface area contributed by atoms with E-state index in [0.717, 1.165) is 11.3 Å². The molecule has 0 saturated heterocycles. The fourth-order valence-electron chi connectivity index (χ4n) is 2.17. The molecule has 0 aliphatic rings. The van der Waals surface area contributed by atoms with Crippen molar-refractivity contribution in [1.29, 1.82) is 0 Å². The zero-order chi connectivity index (χ0) is 15.1. The number of aromatic amines is 2. The molecule has 2 aromatic heterocycles. The van der Waals surface area contributed by atoms with Crippen molar-refractivity contribution < 1.29 is 0 Å². The second-order valence-corrected chi connectivity index (χ2v) is 5.05. The van der Waals surface area contributed by atoms with Crippen LogP contribution in [0.1, 0.15) is 0 Å². The Morgan fingerprint density at radius 2 is 1.95 bits per heavy atom. The van der Waals surface area contributed by atoms with Gasteiger partial charge in [-0.1, -0.05) is 12.1 Å². The number of H-pyrrole nitrogens is 2. The molecule has 108 valence electrons. The Kier molecular flexibility index (Phi) is 2.90. The Morgan fingerprint density at radius 3 is 2.67 bits per heavy atom. The van der Waals surface area contributed by atoms with E-state index in [-0.39, 0.29) is 0 Å². The molecule has 0 amide bonds. The Labute approximate surface area is 119 Å². The number of hydrogen-bond acceptors (Lipinski definition) is 4. The van der Waals surface area contributed by atoms with Crippen molar-refractivity contribution in [3.63, 3.8) is 0 Å². The van der Waals surface area contributed by atoms with Crippen LogP contribution in [-0.2, 0) is 7.05 Å². The van der Waals surface area contributed by atoms with Gasteiger partial charge >= 0.3 is 5.69 Å². The lowest BCUT2D eigenvalue weighted by atomic mass is 10.2. The highest BCUT2D eigenvalue weighted by molar-refractivity contribution is 5.76. The maximum absolute atomic E-state index is 11.8. The summed E-state index contributed by atoms with van der Waals surface area (Å²) >= 11 is 0. The van der Waals surface area contributed by atoms with E-state index < -0.39 is 11.2 Å². The molecule has 0 radical (unpaired) electrons. The van der Waals surface area contributed by atoms with Crippen molar-refractivity contribution in [3.05, 3.63) is 45.1 Å². The number of fused-ring (bicyclic) bond motifs is 1. The van der Waals surface area contributed by atoms with Gasteiger partial charge in [0.2, 0.25) is 0 Å². The number of aromatic nitrogens is 4. The maximum atomic E-state index is 11.8. The Bertz CT molecular complexity index is 932. The first-order valence-corrected chi connectivity index (χ1v) is 6.44. The van der Waals surface area contributed by atoms with Gasteiger partial charge in [0.15, 0.2) is 5.65 Å². The molecule has 2 N–H and O–H groups in total. The lowest BCUT2D eigenvalue weighted by Crippen LogP contribution is -2.28. The average Bonchev–Trinajstić information content (AvgIpc) is 2.91. The lowest BCUT2D eigenvalue weighted by Gasteiger charge is -2.12. The number of imidazole rings is 1. The molecule has 0 saturated carbocycles. The lowest BCUT2D eigenvalue weighted by molar-refractivity contribution is 0.832. The zero-order valence-corrected chi connectivity index (χ0v) is 12.0. The molecular weight excluding hydrogens is 270 g/mol. The molecule has 0 aliphatic heterocycles. The SMILES string of the molecule is CN(C)c1cccc(-c2nc3c([nH]2)c(=O)[nH]c(=O)n3C)c1. The molecule has 2 heterocycles. The number of benzene rings is 1. The van der Waals surface area contributed by atoms with E-state index in [2.05, 4.69) is 15.0 Å². The van der Waals surface area contributed by atoms with Crippen molar-refractivity contribution >= 4 is 16.9 Å².